The molecule has 1 aromatic rings. The normalized spacial score (nSPS) is 16.1. The average Bonchev–Trinajstić information content (AvgIpc) is 2.22. The Balaban J connectivity index is 3.16. The third kappa shape index (κ3) is 2.79. The Kier molecular flexibility index (Phi) is 3.88. The molecule has 0 spiro atoms. The molecule has 0 radical (unpaired) electrons. The maximum Gasteiger partial charge on any atom is 0.380 e. The Morgan fingerprint density at radius 2 is 2.00 bits per heavy atom. The lowest BCUT2D eigenvalue weighted by Gasteiger charge is -2.10. The molecule has 0 aliphatic carbocycles. The van der Waals surface area contributed by atoms with Crippen molar-refractivity contribution in [2.24, 2.45) is 5.16 Å². The van der Waals surface area contributed by atoms with E-state index in [9.17, 15) is 9.46 Å². The second-order valence-electron chi connectivity index (χ2n) is 2.63. The second kappa shape index (κ2) is 4.77. The van der Waals surface area contributed by atoms with Crippen LogP contribution < -0.4 is 0 Å². The molecule has 15 heavy (non-hydrogen) atoms. The largest absolute Gasteiger partial charge is 0.410 e. The van der Waals surface area contributed by atoms with Crippen LogP contribution in [0.4, 0.5) is 0 Å². The minimum atomic E-state index is -4.06. The van der Waals surface area contributed by atoms with Crippen molar-refractivity contribution in [3.8, 4) is 0 Å². The maximum absolute atomic E-state index is 11.4. The van der Waals surface area contributed by atoms with Gasteiger partial charge in [0.25, 0.3) is 0 Å². The van der Waals surface area contributed by atoms with Crippen LogP contribution in [0.2, 0.25) is 5.02 Å². The van der Waals surface area contributed by atoms with Gasteiger partial charge in [0.15, 0.2) is 5.45 Å². The molecule has 0 saturated heterocycles. The van der Waals surface area contributed by atoms with Crippen LogP contribution in [0.25, 0.3) is 0 Å². The molecule has 7 heteroatoms. The summed E-state index contributed by atoms with van der Waals surface area (Å²) < 4.78 is 15.8. The minimum absolute atomic E-state index is 0.273. The highest BCUT2D eigenvalue weighted by molar-refractivity contribution is 7.72. The highest BCUT2D eigenvalue weighted by Crippen LogP contribution is 2.45. The van der Waals surface area contributed by atoms with Gasteiger partial charge in [0, 0.05) is 17.7 Å². The van der Waals surface area contributed by atoms with E-state index in [0.29, 0.717) is 5.02 Å². The van der Waals surface area contributed by atoms with E-state index in [4.69, 9.17) is 16.8 Å². The van der Waals surface area contributed by atoms with Crippen molar-refractivity contribution in [1.82, 2.24) is 0 Å². The molecule has 82 valence electrons. The van der Waals surface area contributed by atoms with Crippen LogP contribution in [0.5, 0.6) is 0 Å². The van der Waals surface area contributed by atoms with Gasteiger partial charge in [-0.3, -0.25) is 4.57 Å². The number of benzene rings is 1. The smallest absolute Gasteiger partial charge is 0.380 e. The summed E-state index contributed by atoms with van der Waals surface area (Å²) in [6, 6.07) is 5.94. The van der Waals surface area contributed by atoms with Crippen molar-refractivity contribution in [1.29, 1.82) is 0 Å². The topological polar surface area (TPSA) is 79.1 Å². The Morgan fingerprint density at radius 1 is 1.47 bits per heavy atom. The van der Waals surface area contributed by atoms with Crippen LogP contribution in [0, 0.1) is 0 Å². The molecule has 0 aliphatic rings. The highest BCUT2D eigenvalue weighted by Gasteiger charge is 2.28. The third-order valence-corrected chi connectivity index (χ3v) is 3.34. The van der Waals surface area contributed by atoms with Crippen molar-refractivity contribution in [2.75, 3.05) is 7.11 Å². The molecule has 1 atom stereocenters. The first-order valence-corrected chi connectivity index (χ1v) is 5.84. The van der Waals surface area contributed by atoms with E-state index < -0.39 is 13.0 Å². The zero-order valence-corrected chi connectivity index (χ0v) is 9.44. The monoisotopic (exact) mass is 249 g/mol. The molecule has 0 bridgehead atoms. The first kappa shape index (κ1) is 12.2. The van der Waals surface area contributed by atoms with Gasteiger partial charge in [-0.2, -0.15) is 0 Å². The number of nitrogens with zero attached hydrogens (tertiary/aromatic N) is 1. The zero-order valence-electron chi connectivity index (χ0n) is 7.79. The molecule has 5 nitrogen and oxygen atoms in total. The average molecular weight is 250 g/mol. The SMILES string of the molecule is COP(=O)(O)/C(=N/O)c1ccc(Cl)cc1. The predicted molar refractivity (Wildman–Crippen MR) is 56.6 cm³/mol. The van der Waals surface area contributed by atoms with Gasteiger partial charge in [0.1, 0.15) is 0 Å². The Labute approximate surface area is 91.5 Å². The van der Waals surface area contributed by atoms with E-state index in [2.05, 4.69) is 9.68 Å². The fourth-order valence-corrected chi connectivity index (χ4v) is 1.85. The van der Waals surface area contributed by atoms with E-state index in [1.807, 2.05) is 0 Å². The molecule has 0 aliphatic heterocycles. The van der Waals surface area contributed by atoms with E-state index in [1.165, 1.54) is 24.3 Å². The molecule has 0 fully saturated rings. The number of hydrogen-bond donors (Lipinski definition) is 2. The number of rotatable bonds is 3. The van der Waals surface area contributed by atoms with Crippen LogP contribution >= 0.6 is 19.2 Å². The van der Waals surface area contributed by atoms with Gasteiger partial charge < -0.3 is 14.6 Å². The zero-order chi connectivity index (χ0) is 11.5. The van der Waals surface area contributed by atoms with Crippen LogP contribution in [0.15, 0.2) is 29.4 Å². The van der Waals surface area contributed by atoms with E-state index in [0.717, 1.165) is 7.11 Å². The lowest BCUT2D eigenvalue weighted by atomic mass is 10.2. The van der Waals surface area contributed by atoms with Crippen molar-refractivity contribution in [3.63, 3.8) is 0 Å². The molecule has 0 saturated carbocycles. The summed E-state index contributed by atoms with van der Waals surface area (Å²) in [6.07, 6.45) is 0. The van der Waals surface area contributed by atoms with Gasteiger partial charge >= 0.3 is 7.60 Å². The van der Waals surface area contributed by atoms with Gasteiger partial charge in [-0.1, -0.05) is 28.9 Å². The van der Waals surface area contributed by atoms with E-state index >= 15 is 0 Å². The Hall–Kier alpha value is -0.870. The summed E-state index contributed by atoms with van der Waals surface area (Å²) in [5, 5.41) is 11.9. The number of oxime groups is 1. The molecule has 1 rings (SSSR count). The fourth-order valence-electron chi connectivity index (χ4n) is 0.963. The Morgan fingerprint density at radius 3 is 2.40 bits per heavy atom. The van der Waals surface area contributed by atoms with Crippen LogP contribution in [0.1, 0.15) is 5.56 Å². The summed E-state index contributed by atoms with van der Waals surface area (Å²) in [7, 11) is -3.01. The van der Waals surface area contributed by atoms with Crippen molar-refractivity contribution in [3.05, 3.63) is 34.9 Å². The molecule has 1 aromatic carbocycles. The molecule has 2 N–H and O–H groups in total. The summed E-state index contributed by atoms with van der Waals surface area (Å²) in [4.78, 5) is 9.32. The molecular formula is C8H9ClNO4P. The Bertz CT molecular complexity index is 417. The van der Waals surface area contributed by atoms with Crippen LogP contribution in [-0.2, 0) is 9.09 Å². The minimum Gasteiger partial charge on any atom is -0.410 e. The number of hydrogen-bond acceptors (Lipinski definition) is 4. The van der Waals surface area contributed by atoms with Crippen molar-refractivity contribution >= 4 is 24.6 Å². The lowest BCUT2D eigenvalue weighted by Crippen LogP contribution is -2.03. The van der Waals surface area contributed by atoms with E-state index in [-0.39, 0.29) is 5.56 Å². The van der Waals surface area contributed by atoms with Gasteiger partial charge in [0.2, 0.25) is 0 Å². The molecule has 0 amide bonds. The fraction of sp³-hybridized carbons (Fsp3) is 0.125. The van der Waals surface area contributed by atoms with Gasteiger partial charge in [-0.25, -0.2) is 0 Å². The molecule has 1 unspecified atom stereocenters. The quantitative estimate of drug-likeness (QED) is 0.373. The van der Waals surface area contributed by atoms with Crippen LogP contribution in [-0.4, -0.2) is 22.7 Å². The molecular weight excluding hydrogens is 241 g/mol. The van der Waals surface area contributed by atoms with E-state index in [1.54, 1.807) is 0 Å². The first-order valence-electron chi connectivity index (χ1n) is 3.88. The summed E-state index contributed by atoms with van der Waals surface area (Å²) in [6.45, 7) is 0. The van der Waals surface area contributed by atoms with Crippen LogP contribution in [0.3, 0.4) is 0 Å². The lowest BCUT2D eigenvalue weighted by molar-refractivity contribution is 0.309. The standard InChI is InChI=1S/C8H9ClNO4P/c1-14-15(12,13)8(10-11)6-2-4-7(9)5-3-6/h2-5,11H,1H3,(H,12,13)/b10-8+. The van der Waals surface area contributed by atoms with Crippen molar-refractivity contribution in [2.45, 2.75) is 0 Å². The first-order chi connectivity index (χ1) is 7.01. The molecule has 0 heterocycles. The van der Waals surface area contributed by atoms with Gasteiger partial charge in [-0.05, 0) is 12.1 Å². The molecule has 0 aromatic heterocycles. The van der Waals surface area contributed by atoms with Gasteiger partial charge in [-0.15, -0.1) is 0 Å². The highest BCUT2D eigenvalue weighted by atomic mass is 35.5. The summed E-state index contributed by atoms with van der Waals surface area (Å²) in [5.74, 6) is 0. The maximum atomic E-state index is 11.4. The second-order valence-corrected chi connectivity index (χ2v) is 4.90. The summed E-state index contributed by atoms with van der Waals surface area (Å²) in [5.41, 5.74) is -0.142. The van der Waals surface area contributed by atoms with Crippen molar-refractivity contribution < 1.29 is 19.2 Å². The van der Waals surface area contributed by atoms with Gasteiger partial charge in [0.05, 0.1) is 0 Å². The third-order valence-electron chi connectivity index (χ3n) is 1.71. The summed E-state index contributed by atoms with van der Waals surface area (Å²) >= 11 is 5.64. The number of halogens is 1. The predicted octanol–water partition coefficient (Wildman–Crippen LogP) is 2.31.